The molecule has 0 radical (unpaired) electrons. The number of rotatable bonds is 4. The Bertz CT molecular complexity index is 1340. The summed E-state index contributed by atoms with van der Waals surface area (Å²) in [4.78, 5) is 39.3. The number of carbonyl (C=O) groups excluding carboxylic acids is 1. The monoisotopic (exact) mass is 439 g/mol. The van der Waals surface area contributed by atoms with Crippen molar-refractivity contribution < 1.29 is 4.79 Å². The zero-order chi connectivity index (χ0) is 22.8. The molecule has 1 fully saturated rings. The molecule has 1 aliphatic rings. The van der Waals surface area contributed by atoms with Gasteiger partial charge < -0.3 is 9.80 Å². The lowest BCUT2D eigenvalue weighted by Gasteiger charge is -2.35. The molecule has 33 heavy (non-hydrogen) atoms. The van der Waals surface area contributed by atoms with Crippen molar-refractivity contribution >= 4 is 22.9 Å². The Morgan fingerprint density at radius 1 is 0.909 bits per heavy atom. The second-order valence-electron chi connectivity index (χ2n) is 8.30. The van der Waals surface area contributed by atoms with Gasteiger partial charge >= 0.3 is 0 Å². The maximum absolute atomic E-state index is 13.5. The largest absolute Gasteiger partial charge is 0.348 e. The van der Waals surface area contributed by atoms with Crippen LogP contribution in [-0.4, -0.2) is 51.5 Å². The first-order chi connectivity index (χ1) is 16.1. The number of hydrogen-bond donors (Lipinski definition) is 0. The third kappa shape index (κ3) is 4.22. The molecular formula is C26H25N5O2. The number of nitrogens with zero attached hydrogens (tertiary/aromatic N) is 5. The highest BCUT2D eigenvalue weighted by Gasteiger charge is 2.25. The molecule has 0 atom stereocenters. The minimum Gasteiger partial charge on any atom is -0.348 e. The van der Waals surface area contributed by atoms with Crippen molar-refractivity contribution in [1.82, 2.24) is 19.4 Å². The molecule has 0 aliphatic carbocycles. The summed E-state index contributed by atoms with van der Waals surface area (Å²) < 4.78 is 1.69. The molecule has 2 aromatic carbocycles. The lowest BCUT2D eigenvalue weighted by Crippen LogP contribution is -2.50. The normalized spacial score (nSPS) is 14.0. The minimum absolute atomic E-state index is 0.0202. The average molecular weight is 440 g/mol. The lowest BCUT2D eigenvalue weighted by molar-refractivity contribution is 0.0746. The molecule has 0 unspecified atom stereocenters. The summed E-state index contributed by atoms with van der Waals surface area (Å²) in [5, 5.41) is 0. The third-order valence-electron chi connectivity index (χ3n) is 6.03. The molecule has 7 heteroatoms. The van der Waals surface area contributed by atoms with E-state index in [-0.39, 0.29) is 11.5 Å². The zero-order valence-corrected chi connectivity index (χ0v) is 18.5. The second-order valence-corrected chi connectivity index (χ2v) is 8.30. The summed E-state index contributed by atoms with van der Waals surface area (Å²) in [6.07, 6.45) is 1.68. The van der Waals surface area contributed by atoms with Crippen molar-refractivity contribution in [2.75, 3.05) is 31.1 Å². The molecule has 2 aromatic heterocycles. The second kappa shape index (κ2) is 8.86. The number of carbonyl (C=O) groups is 1. The van der Waals surface area contributed by atoms with Crippen molar-refractivity contribution in [2.45, 2.75) is 13.5 Å². The van der Waals surface area contributed by atoms with Gasteiger partial charge in [0.25, 0.3) is 11.5 Å². The van der Waals surface area contributed by atoms with E-state index in [0.717, 1.165) is 11.1 Å². The molecule has 0 N–H and O–H groups in total. The number of aromatic nitrogens is 3. The Morgan fingerprint density at radius 2 is 1.64 bits per heavy atom. The Balaban J connectivity index is 1.41. The maximum Gasteiger partial charge on any atom is 0.295 e. The Morgan fingerprint density at radius 3 is 2.36 bits per heavy atom. The van der Waals surface area contributed by atoms with Gasteiger partial charge in [-0.05, 0) is 36.8 Å². The van der Waals surface area contributed by atoms with E-state index in [0.29, 0.717) is 55.3 Å². The third-order valence-corrected chi connectivity index (χ3v) is 6.03. The molecular weight excluding hydrogens is 414 g/mol. The molecule has 7 nitrogen and oxygen atoms in total. The van der Waals surface area contributed by atoms with Gasteiger partial charge in [-0.25, -0.2) is 9.97 Å². The summed E-state index contributed by atoms with van der Waals surface area (Å²) in [6.45, 7) is 4.61. The topological polar surface area (TPSA) is 71.3 Å². The van der Waals surface area contributed by atoms with Gasteiger partial charge in [0.15, 0.2) is 11.5 Å². The van der Waals surface area contributed by atoms with Gasteiger partial charge in [-0.2, -0.15) is 0 Å². The first-order valence-corrected chi connectivity index (χ1v) is 11.1. The summed E-state index contributed by atoms with van der Waals surface area (Å²) in [5.41, 5.74) is 3.93. The molecule has 0 spiro atoms. The SMILES string of the molecule is Cc1ccc(C(=O)N2CCN(c3nc4cccnc4n(Cc4ccccc4)c3=O)CC2)cc1. The number of fused-ring (bicyclic) bond motifs is 1. The zero-order valence-electron chi connectivity index (χ0n) is 18.5. The fraction of sp³-hybridized carbons (Fsp3) is 0.231. The molecule has 3 heterocycles. The highest BCUT2D eigenvalue weighted by atomic mass is 16.2. The predicted octanol–water partition coefficient (Wildman–Crippen LogP) is 3.11. The summed E-state index contributed by atoms with van der Waals surface area (Å²) in [7, 11) is 0. The van der Waals surface area contributed by atoms with E-state index in [2.05, 4.69) is 9.97 Å². The van der Waals surface area contributed by atoms with Gasteiger partial charge in [0.2, 0.25) is 0 Å². The van der Waals surface area contributed by atoms with Crippen LogP contribution in [-0.2, 0) is 6.54 Å². The summed E-state index contributed by atoms with van der Waals surface area (Å²) >= 11 is 0. The van der Waals surface area contributed by atoms with Gasteiger partial charge in [-0.3, -0.25) is 14.2 Å². The first kappa shape index (κ1) is 20.9. The highest BCUT2D eigenvalue weighted by molar-refractivity contribution is 5.94. The quantitative estimate of drug-likeness (QED) is 0.489. The van der Waals surface area contributed by atoms with Crippen molar-refractivity contribution in [3.63, 3.8) is 0 Å². The minimum atomic E-state index is -0.164. The lowest BCUT2D eigenvalue weighted by atomic mass is 10.1. The molecule has 5 rings (SSSR count). The van der Waals surface area contributed by atoms with Gasteiger partial charge in [0.1, 0.15) is 5.52 Å². The Kier molecular flexibility index (Phi) is 5.60. The van der Waals surface area contributed by atoms with Crippen LogP contribution in [0, 0.1) is 6.92 Å². The van der Waals surface area contributed by atoms with E-state index < -0.39 is 0 Å². The predicted molar refractivity (Wildman–Crippen MR) is 129 cm³/mol. The number of anilines is 1. The van der Waals surface area contributed by atoms with Crippen LogP contribution < -0.4 is 10.5 Å². The van der Waals surface area contributed by atoms with Crippen LogP contribution in [0.5, 0.6) is 0 Å². The molecule has 166 valence electrons. The number of benzene rings is 2. The molecule has 0 bridgehead atoms. The van der Waals surface area contributed by atoms with Crippen molar-refractivity contribution in [2.24, 2.45) is 0 Å². The van der Waals surface area contributed by atoms with Crippen LogP contribution in [0.15, 0.2) is 77.7 Å². The summed E-state index contributed by atoms with van der Waals surface area (Å²) in [5.74, 6) is 0.431. The van der Waals surface area contributed by atoms with E-state index in [9.17, 15) is 9.59 Å². The standard InChI is InChI=1S/C26H25N5O2/c1-19-9-11-21(12-10-19)25(32)30-16-14-29(15-17-30)24-26(33)31(18-20-6-3-2-4-7-20)23-22(28-24)8-5-13-27-23/h2-13H,14-18H2,1H3. The molecule has 4 aromatic rings. The van der Waals surface area contributed by atoms with Crippen LogP contribution in [0.1, 0.15) is 21.5 Å². The van der Waals surface area contributed by atoms with E-state index >= 15 is 0 Å². The first-order valence-electron chi connectivity index (χ1n) is 11.1. The van der Waals surface area contributed by atoms with Gasteiger partial charge in [-0.15, -0.1) is 0 Å². The number of piperazine rings is 1. The summed E-state index contributed by atoms with van der Waals surface area (Å²) in [6, 6.07) is 21.2. The number of hydrogen-bond acceptors (Lipinski definition) is 5. The average Bonchev–Trinajstić information content (AvgIpc) is 2.86. The molecule has 1 saturated heterocycles. The number of aryl methyl sites for hydroxylation is 1. The van der Waals surface area contributed by atoms with Gasteiger partial charge in [0, 0.05) is 37.9 Å². The van der Waals surface area contributed by atoms with Crippen LogP contribution >= 0.6 is 0 Å². The van der Waals surface area contributed by atoms with E-state index in [1.165, 1.54) is 0 Å². The van der Waals surface area contributed by atoms with E-state index in [1.807, 2.05) is 83.5 Å². The van der Waals surface area contributed by atoms with E-state index in [1.54, 1.807) is 10.8 Å². The van der Waals surface area contributed by atoms with Gasteiger partial charge in [0.05, 0.1) is 6.54 Å². The van der Waals surface area contributed by atoms with Crippen LogP contribution in [0.3, 0.4) is 0 Å². The van der Waals surface area contributed by atoms with Crippen LogP contribution in [0.2, 0.25) is 0 Å². The Hall–Kier alpha value is -4.00. The fourth-order valence-corrected chi connectivity index (χ4v) is 4.18. The fourth-order valence-electron chi connectivity index (χ4n) is 4.18. The molecule has 0 saturated carbocycles. The molecule has 1 aliphatic heterocycles. The van der Waals surface area contributed by atoms with Crippen LogP contribution in [0.25, 0.3) is 11.2 Å². The highest BCUT2D eigenvalue weighted by Crippen LogP contribution is 2.17. The van der Waals surface area contributed by atoms with Gasteiger partial charge in [-0.1, -0.05) is 48.0 Å². The van der Waals surface area contributed by atoms with Crippen LogP contribution in [0.4, 0.5) is 5.82 Å². The Labute approximate surface area is 191 Å². The number of pyridine rings is 1. The number of amides is 1. The maximum atomic E-state index is 13.5. The van der Waals surface area contributed by atoms with Crippen molar-refractivity contribution in [1.29, 1.82) is 0 Å². The van der Waals surface area contributed by atoms with Crippen molar-refractivity contribution in [3.8, 4) is 0 Å². The smallest absolute Gasteiger partial charge is 0.295 e. The molecule has 1 amide bonds. The van der Waals surface area contributed by atoms with E-state index in [4.69, 9.17) is 0 Å². The van der Waals surface area contributed by atoms with Crippen molar-refractivity contribution in [3.05, 3.63) is 100.0 Å².